The highest BCUT2D eigenvalue weighted by Crippen LogP contribution is 2.29. The predicted octanol–water partition coefficient (Wildman–Crippen LogP) is 3.44. The van der Waals surface area contributed by atoms with E-state index in [0.717, 1.165) is 12.1 Å². The summed E-state index contributed by atoms with van der Waals surface area (Å²) in [7, 11) is 0. The molecular formula is C11H8BrF2NO2. The van der Waals surface area contributed by atoms with E-state index in [1.807, 2.05) is 0 Å². The Morgan fingerprint density at radius 2 is 1.88 bits per heavy atom. The van der Waals surface area contributed by atoms with Crippen molar-refractivity contribution in [1.82, 2.24) is 5.16 Å². The van der Waals surface area contributed by atoms with Gasteiger partial charge in [0.25, 0.3) is 0 Å². The number of hydrogen-bond donors (Lipinski definition) is 1. The summed E-state index contributed by atoms with van der Waals surface area (Å²) >= 11 is 2.98. The minimum atomic E-state index is -0.877. The van der Waals surface area contributed by atoms with Crippen LogP contribution in [-0.2, 0) is 0 Å². The average molecular weight is 304 g/mol. The van der Waals surface area contributed by atoms with Crippen LogP contribution < -0.4 is 0 Å². The van der Waals surface area contributed by atoms with Crippen LogP contribution in [0, 0.1) is 11.6 Å². The summed E-state index contributed by atoms with van der Waals surface area (Å²) in [5.74, 6) is -1.34. The van der Waals surface area contributed by atoms with Gasteiger partial charge in [-0.05, 0) is 19.1 Å². The van der Waals surface area contributed by atoms with Crippen LogP contribution in [-0.4, -0.2) is 10.3 Å². The van der Waals surface area contributed by atoms with E-state index in [2.05, 4.69) is 21.1 Å². The van der Waals surface area contributed by atoms with Crippen molar-refractivity contribution in [3.8, 4) is 11.3 Å². The van der Waals surface area contributed by atoms with Crippen LogP contribution in [0.1, 0.15) is 18.8 Å². The Kier molecular flexibility index (Phi) is 3.26. The van der Waals surface area contributed by atoms with Gasteiger partial charge >= 0.3 is 0 Å². The summed E-state index contributed by atoms with van der Waals surface area (Å²) < 4.78 is 32.3. The van der Waals surface area contributed by atoms with Crippen molar-refractivity contribution in [1.29, 1.82) is 0 Å². The number of aromatic nitrogens is 1. The van der Waals surface area contributed by atoms with Crippen molar-refractivity contribution in [2.45, 2.75) is 13.0 Å². The highest BCUT2D eigenvalue weighted by molar-refractivity contribution is 9.10. The molecule has 0 aliphatic rings. The molecule has 2 aromatic rings. The fraction of sp³-hybridized carbons (Fsp3) is 0.182. The molecule has 1 N–H and O–H groups in total. The van der Waals surface area contributed by atoms with Crippen LogP contribution in [0.4, 0.5) is 8.78 Å². The van der Waals surface area contributed by atoms with Crippen molar-refractivity contribution in [3.63, 3.8) is 0 Å². The smallest absolute Gasteiger partial charge is 0.165 e. The number of nitrogens with zero attached hydrogens (tertiary/aromatic N) is 1. The van der Waals surface area contributed by atoms with Crippen molar-refractivity contribution < 1.29 is 18.4 Å². The topological polar surface area (TPSA) is 46.3 Å². The molecule has 1 aromatic carbocycles. The summed E-state index contributed by atoms with van der Waals surface area (Å²) in [4.78, 5) is 0. The van der Waals surface area contributed by atoms with E-state index in [1.165, 1.54) is 13.0 Å². The summed E-state index contributed by atoms with van der Waals surface area (Å²) in [6.07, 6.45) is -0.877. The van der Waals surface area contributed by atoms with Gasteiger partial charge in [0.1, 0.15) is 23.4 Å². The fourth-order valence-corrected chi connectivity index (χ4v) is 1.79. The Bertz CT molecular complexity index is 531. The molecule has 3 nitrogen and oxygen atoms in total. The van der Waals surface area contributed by atoms with Gasteiger partial charge < -0.3 is 9.63 Å². The minimum Gasteiger partial charge on any atom is -0.385 e. The predicted molar refractivity (Wildman–Crippen MR) is 60.2 cm³/mol. The van der Waals surface area contributed by atoms with Gasteiger partial charge in [-0.1, -0.05) is 21.1 Å². The Labute approximate surface area is 104 Å². The lowest BCUT2D eigenvalue weighted by Gasteiger charge is -2.01. The average Bonchev–Trinajstić information content (AvgIpc) is 2.65. The molecule has 0 saturated carbocycles. The molecule has 0 fully saturated rings. The maximum atomic E-state index is 13.6. The molecule has 0 radical (unpaired) electrons. The van der Waals surface area contributed by atoms with Gasteiger partial charge in [0.05, 0.1) is 5.56 Å². The van der Waals surface area contributed by atoms with E-state index < -0.39 is 17.7 Å². The zero-order valence-electron chi connectivity index (χ0n) is 8.75. The molecule has 0 bridgehead atoms. The number of hydrogen-bond acceptors (Lipinski definition) is 3. The van der Waals surface area contributed by atoms with Gasteiger partial charge in [-0.15, -0.1) is 0 Å². The van der Waals surface area contributed by atoms with Crippen LogP contribution in [0.5, 0.6) is 0 Å². The number of benzene rings is 1. The summed E-state index contributed by atoms with van der Waals surface area (Å²) in [6, 6.07) is 3.57. The molecule has 90 valence electrons. The third-order valence-electron chi connectivity index (χ3n) is 2.20. The second-order valence-corrected chi connectivity index (χ2v) is 4.45. The van der Waals surface area contributed by atoms with E-state index in [1.54, 1.807) is 0 Å². The molecule has 1 aromatic heterocycles. The Hall–Kier alpha value is -1.27. The maximum Gasteiger partial charge on any atom is 0.165 e. The van der Waals surface area contributed by atoms with Gasteiger partial charge in [-0.25, -0.2) is 8.78 Å². The van der Waals surface area contributed by atoms with E-state index in [-0.39, 0.29) is 17.0 Å². The maximum absolute atomic E-state index is 13.6. The first kappa shape index (κ1) is 12.2. The number of rotatable bonds is 2. The molecule has 1 unspecified atom stereocenters. The molecule has 0 aliphatic carbocycles. The molecule has 0 amide bonds. The number of halogens is 3. The molecule has 1 atom stereocenters. The van der Waals surface area contributed by atoms with Crippen LogP contribution in [0.2, 0.25) is 0 Å². The van der Waals surface area contributed by atoms with Gasteiger partial charge in [-0.2, -0.15) is 0 Å². The minimum absolute atomic E-state index is 0.0170. The largest absolute Gasteiger partial charge is 0.385 e. The summed E-state index contributed by atoms with van der Waals surface area (Å²) in [5, 5.41) is 12.8. The van der Waals surface area contributed by atoms with Crippen LogP contribution >= 0.6 is 15.9 Å². The third kappa shape index (κ3) is 2.37. The second kappa shape index (κ2) is 4.54. The SMILES string of the molecule is CC(O)c1cc(-c2c(F)cc(Br)cc2F)no1. The molecular weight excluding hydrogens is 296 g/mol. The normalized spacial score (nSPS) is 12.8. The molecule has 0 aliphatic heterocycles. The van der Waals surface area contributed by atoms with Gasteiger partial charge in [0.15, 0.2) is 5.76 Å². The van der Waals surface area contributed by atoms with Gasteiger partial charge in [0, 0.05) is 10.5 Å². The molecule has 6 heteroatoms. The fourth-order valence-electron chi connectivity index (χ4n) is 1.39. The number of aliphatic hydroxyl groups excluding tert-OH is 1. The molecule has 1 heterocycles. The lowest BCUT2D eigenvalue weighted by molar-refractivity contribution is 0.158. The van der Waals surface area contributed by atoms with Crippen LogP contribution in [0.25, 0.3) is 11.3 Å². The highest BCUT2D eigenvalue weighted by Gasteiger charge is 2.18. The number of aliphatic hydroxyl groups is 1. The summed E-state index contributed by atoms with van der Waals surface area (Å²) in [5.41, 5.74) is -0.257. The van der Waals surface area contributed by atoms with E-state index in [4.69, 9.17) is 4.52 Å². The van der Waals surface area contributed by atoms with Crippen molar-refractivity contribution in [3.05, 3.63) is 40.1 Å². The van der Waals surface area contributed by atoms with E-state index in [0.29, 0.717) is 4.47 Å². The third-order valence-corrected chi connectivity index (χ3v) is 2.66. The Morgan fingerprint density at radius 3 is 2.35 bits per heavy atom. The zero-order valence-corrected chi connectivity index (χ0v) is 10.3. The van der Waals surface area contributed by atoms with E-state index in [9.17, 15) is 13.9 Å². The lowest BCUT2D eigenvalue weighted by atomic mass is 10.1. The summed E-state index contributed by atoms with van der Waals surface area (Å²) in [6.45, 7) is 1.47. The standard InChI is InChI=1S/C11H8BrF2NO2/c1-5(16)10-4-9(15-17-10)11-7(13)2-6(12)3-8(11)14/h2-5,16H,1H3. The zero-order chi connectivity index (χ0) is 12.6. The quantitative estimate of drug-likeness (QED) is 0.924. The van der Waals surface area contributed by atoms with Crippen molar-refractivity contribution in [2.75, 3.05) is 0 Å². The first-order valence-electron chi connectivity index (χ1n) is 4.78. The first-order valence-corrected chi connectivity index (χ1v) is 5.58. The second-order valence-electron chi connectivity index (χ2n) is 3.53. The highest BCUT2D eigenvalue weighted by atomic mass is 79.9. The van der Waals surface area contributed by atoms with Crippen molar-refractivity contribution >= 4 is 15.9 Å². The molecule has 17 heavy (non-hydrogen) atoms. The van der Waals surface area contributed by atoms with Crippen LogP contribution in [0.3, 0.4) is 0 Å². The van der Waals surface area contributed by atoms with Gasteiger partial charge in [-0.3, -0.25) is 0 Å². The van der Waals surface area contributed by atoms with Crippen LogP contribution in [0.15, 0.2) is 27.2 Å². The molecule has 2 rings (SSSR count). The molecule has 0 saturated heterocycles. The first-order chi connectivity index (χ1) is 7.99. The van der Waals surface area contributed by atoms with Crippen molar-refractivity contribution in [2.24, 2.45) is 0 Å². The van der Waals surface area contributed by atoms with Gasteiger partial charge in [0.2, 0.25) is 0 Å². The monoisotopic (exact) mass is 303 g/mol. The lowest BCUT2D eigenvalue weighted by Crippen LogP contribution is -1.90. The Morgan fingerprint density at radius 1 is 1.29 bits per heavy atom. The van der Waals surface area contributed by atoms with E-state index >= 15 is 0 Å². The Balaban J connectivity index is 2.52. The molecule has 0 spiro atoms.